The number of fused-ring (bicyclic) bond motifs is 1. The monoisotopic (exact) mass is 291 g/mol. The minimum atomic E-state index is -0.526. The van der Waals surface area contributed by atoms with Gasteiger partial charge in [0.05, 0.1) is 19.8 Å². The second kappa shape index (κ2) is 5.85. The largest absolute Gasteiger partial charge is 0.497 e. The van der Waals surface area contributed by atoms with E-state index in [0.717, 1.165) is 49.3 Å². The van der Waals surface area contributed by atoms with Gasteiger partial charge >= 0.3 is 0 Å². The molecule has 3 rings (SSSR count). The van der Waals surface area contributed by atoms with Crippen LogP contribution >= 0.6 is 0 Å². The number of ether oxygens (including phenoxy) is 2. The Bertz CT molecular complexity index is 501. The first kappa shape index (κ1) is 14.7. The van der Waals surface area contributed by atoms with Gasteiger partial charge in [-0.15, -0.1) is 0 Å². The summed E-state index contributed by atoms with van der Waals surface area (Å²) in [7, 11) is 3.37. The molecule has 0 bridgehead atoms. The molecule has 0 spiro atoms. The maximum absolute atomic E-state index is 11.0. The molecule has 1 aliphatic carbocycles. The third-order valence-corrected chi connectivity index (χ3v) is 5.16. The van der Waals surface area contributed by atoms with Crippen molar-refractivity contribution in [3.63, 3.8) is 0 Å². The summed E-state index contributed by atoms with van der Waals surface area (Å²) >= 11 is 0. The number of aliphatic hydroxyl groups is 1. The van der Waals surface area contributed by atoms with E-state index in [4.69, 9.17) is 9.47 Å². The number of hydrogen-bond acceptors (Lipinski definition) is 4. The van der Waals surface area contributed by atoms with Crippen LogP contribution in [0.15, 0.2) is 18.2 Å². The molecule has 1 heterocycles. The number of nitrogens with one attached hydrogen (secondary N) is 1. The Kier molecular flexibility index (Phi) is 4.09. The van der Waals surface area contributed by atoms with Crippen molar-refractivity contribution in [2.24, 2.45) is 5.92 Å². The highest BCUT2D eigenvalue weighted by Crippen LogP contribution is 2.47. The zero-order valence-corrected chi connectivity index (χ0v) is 12.9. The summed E-state index contributed by atoms with van der Waals surface area (Å²) in [6, 6.07) is 6.04. The highest BCUT2D eigenvalue weighted by molar-refractivity contribution is 5.43. The van der Waals surface area contributed by atoms with E-state index in [1.807, 2.05) is 18.2 Å². The van der Waals surface area contributed by atoms with Gasteiger partial charge < -0.3 is 19.9 Å². The zero-order valence-electron chi connectivity index (χ0n) is 12.9. The van der Waals surface area contributed by atoms with Gasteiger partial charge in [-0.25, -0.2) is 0 Å². The van der Waals surface area contributed by atoms with E-state index in [1.54, 1.807) is 14.2 Å². The third-order valence-electron chi connectivity index (χ3n) is 5.16. The van der Waals surface area contributed by atoms with E-state index in [2.05, 4.69) is 5.32 Å². The lowest BCUT2D eigenvalue weighted by atomic mass is 9.66. The Morgan fingerprint density at radius 1 is 1.19 bits per heavy atom. The average molecular weight is 291 g/mol. The molecule has 0 aromatic heterocycles. The second-order valence-corrected chi connectivity index (χ2v) is 6.25. The normalized spacial score (nSPS) is 32.3. The number of hydrogen-bond donors (Lipinski definition) is 2. The predicted octanol–water partition coefficient (Wildman–Crippen LogP) is 2.66. The van der Waals surface area contributed by atoms with Crippen molar-refractivity contribution in [3.8, 4) is 11.5 Å². The van der Waals surface area contributed by atoms with Crippen LogP contribution in [-0.4, -0.2) is 31.5 Å². The second-order valence-electron chi connectivity index (χ2n) is 6.25. The van der Waals surface area contributed by atoms with Crippen LogP contribution in [-0.2, 0) is 0 Å². The van der Waals surface area contributed by atoms with Crippen LogP contribution < -0.4 is 14.8 Å². The van der Waals surface area contributed by atoms with Gasteiger partial charge in [0.15, 0.2) is 0 Å². The first-order valence-corrected chi connectivity index (χ1v) is 7.85. The summed E-state index contributed by atoms with van der Waals surface area (Å²) in [5, 5.41) is 14.6. The van der Waals surface area contributed by atoms with Crippen molar-refractivity contribution >= 4 is 0 Å². The fourth-order valence-electron chi connectivity index (χ4n) is 4.03. The van der Waals surface area contributed by atoms with E-state index in [-0.39, 0.29) is 12.0 Å². The molecule has 1 aromatic carbocycles. The summed E-state index contributed by atoms with van der Waals surface area (Å²) in [5.74, 6) is 1.95. The van der Waals surface area contributed by atoms with Gasteiger partial charge in [-0.2, -0.15) is 0 Å². The quantitative estimate of drug-likeness (QED) is 0.899. The fourth-order valence-corrected chi connectivity index (χ4v) is 4.03. The van der Waals surface area contributed by atoms with Crippen molar-refractivity contribution in [2.45, 2.75) is 43.7 Å². The van der Waals surface area contributed by atoms with Crippen LogP contribution in [0.2, 0.25) is 0 Å². The summed E-state index contributed by atoms with van der Waals surface area (Å²) in [4.78, 5) is 0. The van der Waals surface area contributed by atoms with Gasteiger partial charge in [0.1, 0.15) is 11.5 Å². The van der Waals surface area contributed by atoms with Crippen molar-refractivity contribution in [3.05, 3.63) is 23.8 Å². The lowest BCUT2D eigenvalue weighted by molar-refractivity contribution is -0.0863. The van der Waals surface area contributed by atoms with E-state index in [9.17, 15) is 5.11 Å². The summed E-state index contributed by atoms with van der Waals surface area (Å²) in [6.45, 7) is 0.845. The predicted molar refractivity (Wildman–Crippen MR) is 81.8 cm³/mol. The Morgan fingerprint density at radius 2 is 2.05 bits per heavy atom. The first-order chi connectivity index (χ1) is 10.2. The van der Waals surface area contributed by atoms with Gasteiger partial charge in [0.2, 0.25) is 0 Å². The first-order valence-electron chi connectivity index (χ1n) is 7.85. The smallest absolute Gasteiger partial charge is 0.123 e. The molecular weight excluding hydrogens is 266 g/mol. The minimum Gasteiger partial charge on any atom is -0.497 e. The molecular formula is C17H25NO3. The van der Waals surface area contributed by atoms with Gasteiger partial charge in [0.25, 0.3) is 0 Å². The van der Waals surface area contributed by atoms with Gasteiger partial charge in [-0.3, -0.25) is 0 Å². The molecule has 1 aliphatic heterocycles. The van der Waals surface area contributed by atoms with Crippen molar-refractivity contribution in [1.29, 1.82) is 0 Å². The van der Waals surface area contributed by atoms with Crippen LogP contribution in [0, 0.1) is 5.92 Å². The molecule has 2 aliphatic rings. The summed E-state index contributed by atoms with van der Waals surface area (Å²) < 4.78 is 10.9. The zero-order chi connectivity index (χ0) is 14.9. The van der Waals surface area contributed by atoms with Crippen LogP contribution in [0.1, 0.15) is 43.7 Å². The Morgan fingerprint density at radius 3 is 2.81 bits per heavy atom. The minimum absolute atomic E-state index is 0.133. The van der Waals surface area contributed by atoms with E-state index < -0.39 is 5.60 Å². The lowest BCUT2D eigenvalue weighted by Gasteiger charge is -2.48. The Hall–Kier alpha value is -1.26. The SMILES string of the molecule is COc1ccc(OC)c([C@H]2NCC[C@]3(O)CCCC[C@@H]23)c1. The Balaban J connectivity index is 1.98. The van der Waals surface area contributed by atoms with Crippen LogP contribution in [0.25, 0.3) is 0 Å². The maximum Gasteiger partial charge on any atom is 0.123 e. The molecule has 4 nitrogen and oxygen atoms in total. The van der Waals surface area contributed by atoms with Crippen LogP contribution in [0.3, 0.4) is 0 Å². The number of benzene rings is 1. The van der Waals surface area contributed by atoms with Gasteiger partial charge in [-0.1, -0.05) is 12.8 Å². The topological polar surface area (TPSA) is 50.7 Å². The van der Waals surface area contributed by atoms with Gasteiger partial charge in [0, 0.05) is 17.5 Å². The van der Waals surface area contributed by atoms with Crippen LogP contribution in [0.4, 0.5) is 0 Å². The van der Waals surface area contributed by atoms with E-state index in [1.165, 1.54) is 6.42 Å². The molecule has 0 radical (unpaired) electrons. The average Bonchev–Trinajstić information content (AvgIpc) is 2.53. The third kappa shape index (κ3) is 2.62. The van der Waals surface area contributed by atoms with Crippen molar-refractivity contribution in [2.75, 3.05) is 20.8 Å². The molecule has 2 fully saturated rings. The molecule has 0 unspecified atom stereocenters. The molecule has 0 amide bonds. The van der Waals surface area contributed by atoms with E-state index in [0.29, 0.717) is 0 Å². The highest BCUT2D eigenvalue weighted by Gasteiger charge is 2.46. The molecule has 1 saturated heterocycles. The Labute approximate surface area is 126 Å². The maximum atomic E-state index is 11.0. The molecule has 2 N–H and O–H groups in total. The van der Waals surface area contributed by atoms with Gasteiger partial charge in [-0.05, 0) is 44.0 Å². The molecule has 1 aromatic rings. The van der Waals surface area contributed by atoms with Crippen molar-refractivity contribution < 1.29 is 14.6 Å². The van der Waals surface area contributed by atoms with Crippen LogP contribution in [0.5, 0.6) is 11.5 Å². The molecule has 21 heavy (non-hydrogen) atoms. The highest BCUT2D eigenvalue weighted by atomic mass is 16.5. The molecule has 4 heteroatoms. The number of rotatable bonds is 3. The summed E-state index contributed by atoms with van der Waals surface area (Å²) in [5.41, 5.74) is 0.573. The standard InChI is InChI=1S/C17H25NO3/c1-20-12-6-7-15(21-2)13(11-12)16-14-5-3-4-8-17(14,19)9-10-18-16/h6-7,11,14,16,18-19H,3-5,8-10H2,1-2H3/t14-,16+,17+/m0/s1. The number of methoxy groups -OCH3 is 2. The lowest BCUT2D eigenvalue weighted by Crippen LogP contribution is -2.53. The fraction of sp³-hybridized carbons (Fsp3) is 0.647. The number of piperidine rings is 1. The molecule has 116 valence electrons. The summed E-state index contributed by atoms with van der Waals surface area (Å²) in [6.07, 6.45) is 5.16. The van der Waals surface area contributed by atoms with E-state index >= 15 is 0 Å². The molecule has 3 atom stereocenters. The van der Waals surface area contributed by atoms with Crippen molar-refractivity contribution in [1.82, 2.24) is 5.32 Å². The molecule has 1 saturated carbocycles.